The van der Waals surface area contributed by atoms with Crippen molar-refractivity contribution in [1.29, 1.82) is 0 Å². The lowest BCUT2D eigenvalue weighted by Crippen LogP contribution is -2.54. The van der Waals surface area contributed by atoms with Crippen LogP contribution < -0.4 is 9.62 Å². The minimum Gasteiger partial charge on any atom is -0.352 e. The topological polar surface area (TPSA) is 86.8 Å². The van der Waals surface area contributed by atoms with E-state index in [1.54, 1.807) is 36.4 Å². The van der Waals surface area contributed by atoms with Crippen LogP contribution >= 0.6 is 27.7 Å². The number of halogens is 1. The van der Waals surface area contributed by atoms with Gasteiger partial charge in [-0.25, -0.2) is 8.42 Å². The minimum absolute atomic E-state index is 0.0764. The maximum Gasteiger partial charge on any atom is 0.264 e. The molecule has 4 aromatic carbocycles. The molecule has 10 heteroatoms. The molecule has 4 rings (SSSR count). The van der Waals surface area contributed by atoms with Crippen LogP contribution in [-0.4, -0.2) is 50.0 Å². The van der Waals surface area contributed by atoms with Gasteiger partial charge in [-0.05, 0) is 86.2 Å². The lowest BCUT2D eigenvalue weighted by Gasteiger charge is -2.34. The summed E-state index contributed by atoms with van der Waals surface area (Å²) in [5.74, 6) is -0.788. The number of anilines is 1. The predicted molar refractivity (Wildman–Crippen MR) is 190 cm³/mol. The second-order valence-electron chi connectivity index (χ2n) is 11.2. The summed E-state index contributed by atoms with van der Waals surface area (Å²) < 4.78 is 30.4. The molecule has 0 aliphatic heterocycles. The van der Waals surface area contributed by atoms with Crippen LogP contribution in [0.4, 0.5) is 5.69 Å². The molecule has 0 aromatic heterocycles. The summed E-state index contributed by atoms with van der Waals surface area (Å²) in [5, 5.41) is 3.06. The number of hydrogen-bond acceptors (Lipinski definition) is 5. The fourth-order valence-corrected chi connectivity index (χ4v) is 7.21. The Morgan fingerprint density at radius 2 is 1.54 bits per heavy atom. The highest BCUT2D eigenvalue weighted by atomic mass is 79.9. The summed E-state index contributed by atoms with van der Waals surface area (Å²) in [7, 11) is -4.16. The van der Waals surface area contributed by atoms with Gasteiger partial charge in [0.2, 0.25) is 11.8 Å². The summed E-state index contributed by atoms with van der Waals surface area (Å²) >= 11 is 5.03. The molecule has 0 spiro atoms. The Labute approximate surface area is 285 Å². The largest absolute Gasteiger partial charge is 0.352 e. The number of nitrogens with zero attached hydrogens (tertiary/aromatic N) is 2. The van der Waals surface area contributed by atoms with Gasteiger partial charge in [-0.2, -0.15) is 0 Å². The van der Waals surface area contributed by atoms with E-state index >= 15 is 0 Å². The molecule has 0 aliphatic rings. The van der Waals surface area contributed by atoms with Crippen molar-refractivity contribution < 1.29 is 18.0 Å². The Bertz CT molecular complexity index is 1720. The van der Waals surface area contributed by atoms with E-state index in [-0.39, 0.29) is 29.8 Å². The maximum atomic E-state index is 14.6. The summed E-state index contributed by atoms with van der Waals surface area (Å²) in [6.07, 6.45) is 2.90. The number of aryl methyl sites for hydroxylation is 1. The van der Waals surface area contributed by atoms with Gasteiger partial charge in [-0.1, -0.05) is 83.0 Å². The Morgan fingerprint density at radius 1 is 0.891 bits per heavy atom. The summed E-state index contributed by atoms with van der Waals surface area (Å²) in [4.78, 5) is 31.0. The van der Waals surface area contributed by atoms with Crippen molar-refractivity contribution in [2.45, 2.75) is 62.0 Å². The van der Waals surface area contributed by atoms with Gasteiger partial charge in [0.25, 0.3) is 10.0 Å². The van der Waals surface area contributed by atoms with Crippen LogP contribution in [-0.2, 0) is 32.6 Å². The average molecular weight is 723 g/mol. The number of benzene rings is 4. The van der Waals surface area contributed by atoms with E-state index in [1.807, 2.05) is 93.8 Å². The molecule has 0 heterocycles. The van der Waals surface area contributed by atoms with E-state index in [0.29, 0.717) is 5.69 Å². The Balaban J connectivity index is 1.80. The normalized spacial score (nSPS) is 12.6. The fourth-order valence-electron chi connectivity index (χ4n) is 4.94. The summed E-state index contributed by atoms with van der Waals surface area (Å²) in [5.41, 5.74) is 3.00. The molecule has 2 amide bonds. The first-order valence-corrected chi connectivity index (χ1v) is 18.6. The molecule has 0 unspecified atom stereocenters. The zero-order valence-corrected chi connectivity index (χ0v) is 29.7. The minimum atomic E-state index is -4.16. The van der Waals surface area contributed by atoms with Gasteiger partial charge in [0.05, 0.1) is 10.6 Å². The molecule has 0 aliphatic carbocycles. The Hall–Kier alpha value is -3.60. The maximum absolute atomic E-state index is 14.6. The SMILES string of the molecule is CC[C@@H](C)NC(=O)[C@H](Cc1ccccc1)N(Cc1cccc(Br)c1)C(=O)CN(c1ccc(C)cc1)S(=O)(=O)c1ccc(SC)cc1. The smallest absolute Gasteiger partial charge is 0.264 e. The average Bonchev–Trinajstić information content (AvgIpc) is 3.06. The third-order valence-electron chi connectivity index (χ3n) is 7.76. The van der Waals surface area contributed by atoms with Gasteiger partial charge in [0.15, 0.2) is 0 Å². The highest BCUT2D eigenvalue weighted by Crippen LogP contribution is 2.27. The first-order valence-electron chi connectivity index (χ1n) is 15.1. The number of thioether (sulfide) groups is 1. The van der Waals surface area contributed by atoms with E-state index in [2.05, 4.69) is 21.2 Å². The number of nitrogens with one attached hydrogen (secondary N) is 1. The molecule has 2 atom stereocenters. The van der Waals surface area contributed by atoms with E-state index in [0.717, 1.165) is 36.8 Å². The van der Waals surface area contributed by atoms with Crippen molar-refractivity contribution in [1.82, 2.24) is 10.2 Å². The monoisotopic (exact) mass is 721 g/mol. The predicted octanol–water partition coefficient (Wildman–Crippen LogP) is 7.23. The number of amides is 2. The molecule has 242 valence electrons. The second kappa shape index (κ2) is 16.3. The van der Waals surface area contributed by atoms with Crippen LogP contribution in [0, 0.1) is 6.92 Å². The van der Waals surface area contributed by atoms with Crippen LogP contribution in [0.2, 0.25) is 0 Å². The van der Waals surface area contributed by atoms with Gasteiger partial charge in [-0.3, -0.25) is 13.9 Å². The van der Waals surface area contributed by atoms with E-state index < -0.39 is 28.5 Å². The number of sulfonamides is 1. The van der Waals surface area contributed by atoms with Crippen molar-refractivity contribution in [3.63, 3.8) is 0 Å². The molecule has 4 aromatic rings. The lowest BCUT2D eigenvalue weighted by atomic mass is 10.0. The molecule has 7 nitrogen and oxygen atoms in total. The molecular formula is C36H40BrN3O4S2. The van der Waals surface area contributed by atoms with Crippen molar-refractivity contribution in [3.8, 4) is 0 Å². The zero-order valence-electron chi connectivity index (χ0n) is 26.5. The van der Waals surface area contributed by atoms with Gasteiger partial charge in [0.1, 0.15) is 12.6 Å². The summed E-state index contributed by atoms with van der Waals surface area (Å²) in [6.45, 7) is 5.43. The molecule has 0 saturated carbocycles. The van der Waals surface area contributed by atoms with Gasteiger partial charge in [-0.15, -0.1) is 11.8 Å². The Kier molecular flexibility index (Phi) is 12.5. The second-order valence-corrected chi connectivity index (χ2v) is 14.9. The third-order valence-corrected chi connectivity index (χ3v) is 10.8. The van der Waals surface area contributed by atoms with Gasteiger partial charge >= 0.3 is 0 Å². The van der Waals surface area contributed by atoms with Crippen molar-refractivity contribution >= 4 is 55.2 Å². The molecule has 0 fully saturated rings. The van der Waals surface area contributed by atoms with Crippen molar-refractivity contribution in [2.75, 3.05) is 17.1 Å². The molecule has 1 N–H and O–H groups in total. The molecule has 0 bridgehead atoms. The Morgan fingerprint density at radius 3 is 2.15 bits per heavy atom. The van der Waals surface area contributed by atoms with E-state index in [9.17, 15) is 18.0 Å². The standard InChI is InChI=1S/C36H40BrN3O4S2/c1-5-27(3)38-36(42)34(23-28-10-7-6-8-11-28)39(24-29-12-9-13-30(37)22-29)35(41)25-40(31-16-14-26(2)15-17-31)46(43,44)33-20-18-32(45-4)19-21-33/h6-22,27,34H,5,23-25H2,1-4H3,(H,38,42)/t27-,34+/m1/s1. The van der Waals surface area contributed by atoms with Crippen LogP contribution in [0.25, 0.3) is 0 Å². The van der Waals surface area contributed by atoms with Crippen LogP contribution in [0.5, 0.6) is 0 Å². The number of carbonyl (C=O) groups excluding carboxylic acids is 2. The molecule has 0 radical (unpaired) electrons. The number of carbonyl (C=O) groups is 2. The first kappa shape index (κ1) is 35.3. The van der Waals surface area contributed by atoms with Crippen molar-refractivity contribution in [2.24, 2.45) is 0 Å². The first-order chi connectivity index (χ1) is 22.0. The third kappa shape index (κ3) is 9.24. The van der Waals surface area contributed by atoms with Crippen LogP contribution in [0.15, 0.2) is 117 Å². The molecule has 0 saturated heterocycles. The van der Waals surface area contributed by atoms with E-state index in [4.69, 9.17) is 0 Å². The highest BCUT2D eigenvalue weighted by molar-refractivity contribution is 9.10. The lowest BCUT2D eigenvalue weighted by molar-refractivity contribution is -0.140. The molecular weight excluding hydrogens is 682 g/mol. The summed E-state index contributed by atoms with van der Waals surface area (Å²) in [6, 6.07) is 29.7. The van der Waals surface area contributed by atoms with Crippen LogP contribution in [0.1, 0.15) is 37.0 Å². The quantitative estimate of drug-likeness (QED) is 0.139. The van der Waals surface area contributed by atoms with Gasteiger partial charge in [0, 0.05) is 28.4 Å². The number of rotatable bonds is 14. The fraction of sp³-hybridized carbons (Fsp3) is 0.278. The van der Waals surface area contributed by atoms with Gasteiger partial charge < -0.3 is 10.2 Å². The number of hydrogen-bond donors (Lipinski definition) is 1. The molecule has 46 heavy (non-hydrogen) atoms. The van der Waals surface area contributed by atoms with Crippen molar-refractivity contribution in [3.05, 3.63) is 124 Å². The zero-order chi connectivity index (χ0) is 33.3. The highest BCUT2D eigenvalue weighted by Gasteiger charge is 2.35. The van der Waals surface area contributed by atoms with E-state index in [1.165, 1.54) is 16.7 Å². The van der Waals surface area contributed by atoms with Crippen LogP contribution in [0.3, 0.4) is 0 Å².